The van der Waals surface area contributed by atoms with E-state index in [-0.39, 0.29) is 16.6 Å². The molecule has 2 heterocycles. The van der Waals surface area contributed by atoms with E-state index in [0.29, 0.717) is 16.4 Å². The predicted octanol–water partition coefficient (Wildman–Crippen LogP) is 2.67. The maximum Gasteiger partial charge on any atom is 0.263 e. The van der Waals surface area contributed by atoms with Crippen LogP contribution in [0.15, 0.2) is 47.5 Å². The molecule has 0 aliphatic rings. The molecule has 26 heavy (non-hydrogen) atoms. The standard InChI is InChI=1S/C16H15N5O3S2/c1-10-15(25-16(18-10)19-11(2)22)12-8-14(20-17-9-12)21-26(23,24)13-6-4-3-5-7-13/h3-9H,1-2H3,(H,20,21)(H,18,19,22). The van der Waals surface area contributed by atoms with Crippen LogP contribution in [0, 0.1) is 6.92 Å². The molecule has 0 bridgehead atoms. The van der Waals surface area contributed by atoms with E-state index in [1.807, 2.05) is 0 Å². The number of nitrogens with one attached hydrogen (secondary N) is 2. The number of carbonyl (C=O) groups excluding carboxylic acids is 1. The van der Waals surface area contributed by atoms with Gasteiger partial charge in [0.05, 0.1) is 21.7 Å². The van der Waals surface area contributed by atoms with Crippen molar-refractivity contribution < 1.29 is 13.2 Å². The molecule has 0 aliphatic heterocycles. The van der Waals surface area contributed by atoms with Gasteiger partial charge < -0.3 is 5.32 Å². The Morgan fingerprint density at radius 1 is 1.19 bits per heavy atom. The van der Waals surface area contributed by atoms with Crippen molar-refractivity contribution in [1.82, 2.24) is 15.2 Å². The fourth-order valence-corrected chi connectivity index (χ4v) is 4.21. The van der Waals surface area contributed by atoms with E-state index in [1.54, 1.807) is 31.2 Å². The van der Waals surface area contributed by atoms with E-state index in [2.05, 4.69) is 25.2 Å². The lowest BCUT2D eigenvalue weighted by Gasteiger charge is -2.07. The number of thiazole rings is 1. The van der Waals surface area contributed by atoms with Gasteiger partial charge in [-0.05, 0) is 25.1 Å². The molecule has 10 heteroatoms. The zero-order chi connectivity index (χ0) is 18.7. The summed E-state index contributed by atoms with van der Waals surface area (Å²) in [6, 6.07) is 9.57. The zero-order valence-corrected chi connectivity index (χ0v) is 15.6. The van der Waals surface area contributed by atoms with E-state index in [4.69, 9.17) is 0 Å². The monoisotopic (exact) mass is 389 g/mol. The number of amides is 1. The minimum atomic E-state index is -3.75. The van der Waals surface area contributed by atoms with Crippen molar-refractivity contribution in [2.75, 3.05) is 10.0 Å². The van der Waals surface area contributed by atoms with Gasteiger partial charge in [-0.25, -0.2) is 13.4 Å². The predicted molar refractivity (Wildman–Crippen MR) is 99.4 cm³/mol. The van der Waals surface area contributed by atoms with Gasteiger partial charge in [-0.1, -0.05) is 29.5 Å². The van der Waals surface area contributed by atoms with Gasteiger partial charge in [0.1, 0.15) is 0 Å². The number of nitrogens with zero attached hydrogens (tertiary/aromatic N) is 3. The lowest BCUT2D eigenvalue weighted by atomic mass is 10.2. The quantitative estimate of drug-likeness (QED) is 0.693. The largest absolute Gasteiger partial charge is 0.302 e. The number of rotatable bonds is 5. The summed E-state index contributed by atoms with van der Waals surface area (Å²) >= 11 is 1.28. The van der Waals surface area contributed by atoms with Gasteiger partial charge in [0.25, 0.3) is 10.0 Å². The zero-order valence-electron chi connectivity index (χ0n) is 13.9. The third-order valence-electron chi connectivity index (χ3n) is 3.29. The molecule has 0 saturated carbocycles. The van der Waals surface area contributed by atoms with Gasteiger partial charge in [-0.3, -0.25) is 9.52 Å². The average Bonchev–Trinajstić information content (AvgIpc) is 2.95. The molecular weight excluding hydrogens is 374 g/mol. The van der Waals surface area contributed by atoms with Crippen LogP contribution in [0.3, 0.4) is 0 Å². The number of sulfonamides is 1. The molecule has 3 rings (SSSR count). The Kier molecular flexibility index (Phi) is 4.96. The van der Waals surface area contributed by atoms with Crippen LogP contribution >= 0.6 is 11.3 Å². The molecule has 0 unspecified atom stereocenters. The first-order valence-electron chi connectivity index (χ1n) is 7.51. The number of aryl methyl sites for hydroxylation is 1. The molecule has 8 nitrogen and oxygen atoms in total. The van der Waals surface area contributed by atoms with Gasteiger partial charge >= 0.3 is 0 Å². The highest BCUT2D eigenvalue weighted by Gasteiger charge is 2.16. The Balaban J connectivity index is 1.90. The number of hydrogen-bond donors (Lipinski definition) is 2. The van der Waals surface area contributed by atoms with Crippen LogP contribution < -0.4 is 10.0 Å². The molecular formula is C16H15N5O3S2. The first-order valence-corrected chi connectivity index (χ1v) is 9.81. The SMILES string of the molecule is CC(=O)Nc1nc(C)c(-c2cnnc(NS(=O)(=O)c3ccccc3)c2)s1. The summed E-state index contributed by atoms with van der Waals surface area (Å²) in [5, 5.41) is 10.8. The van der Waals surface area contributed by atoms with E-state index >= 15 is 0 Å². The van der Waals surface area contributed by atoms with Crippen molar-refractivity contribution in [1.29, 1.82) is 0 Å². The van der Waals surface area contributed by atoms with Crippen LogP contribution in [-0.4, -0.2) is 29.5 Å². The Bertz CT molecular complexity index is 1050. The molecule has 2 aromatic heterocycles. The van der Waals surface area contributed by atoms with Crippen molar-refractivity contribution in [3.8, 4) is 10.4 Å². The highest BCUT2D eigenvalue weighted by atomic mass is 32.2. The van der Waals surface area contributed by atoms with Gasteiger partial charge in [-0.15, -0.1) is 5.10 Å². The number of carbonyl (C=O) groups is 1. The van der Waals surface area contributed by atoms with E-state index in [9.17, 15) is 13.2 Å². The molecule has 2 N–H and O–H groups in total. The molecule has 134 valence electrons. The second kappa shape index (κ2) is 7.18. The second-order valence-corrected chi connectivity index (χ2v) is 8.04. The van der Waals surface area contributed by atoms with Crippen LogP contribution in [0.25, 0.3) is 10.4 Å². The van der Waals surface area contributed by atoms with Crippen molar-refractivity contribution in [3.63, 3.8) is 0 Å². The maximum atomic E-state index is 12.4. The van der Waals surface area contributed by atoms with Crippen molar-refractivity contribution in [3.05, 3.63) is 48.3 Å². The average molecular weight is 389 g/mol. The van der Waals surface area contributed by atoms with Crippen LogP contribution in [0.1, 0.15) is 12.6 Å². The second-order valence-electron chi connectivity index (χ2n) is 5.36. The van der Waals surface area contributed by atoms with Crippen molar-refractivity contribution >= 4 is 38.2 Å². The molecule has 0 aliphatic carbocycles. The smallest absolute Gasteiger partial charge is 0.263 e. The molecule has 0 spiro atoms. The number of aromatic nitrogens is 3. The Morgan fingerprint density at radius 3 is 2.62 bits per heavy atom. The van der Waals surface area contributed by atoms with Crippen LogP contribution in [0.4, 0.5) is 10.9 Å². The highest BCUT2D eigenvalue weighted by Crippen LogP contribution is 2.33. The van der Waals surface area contributed by atoms with Gasteiger partial charge in [0, 0.05) is 12.5 Å². The van der Waals surface area contributed by atoms with Gasteiger partial charge in [0.2, 0.25) is 5.91 Å². The van der Waals surface area contributed by atoms with Crippen LogP contribution in [0.2, 0.25) is 0 Å². The van der Waals surface area contributed by atoms with E-state index < -0.39 is 10.0 Å². The summed E-state index contributed by atoms with van der Waals surface area (Å²) in [4.78, 5) is 16.4. The molecule has 0 saturated heterocycles. The highest BCUT2D eigenvalue weighted by molar-refractivity contribution is 7.92. The fraction of sp³-hybridized carbons (Fsp3) is 0.125. The van der Waals surface area contributed by atoms with Crippen molar-refractivity contribution in [2.24, 2.45) is 0 Å². The van der Waals surface area contributed by atoms with E-state index in [1.165, 1.54) is 36.6 Å². The molecule has 0 radical (unpaired) electrons. The van der Waals surface area contributed by atoms with Crippen molar-refractivity contribution in [2.45, 2.75) is 18.7 Å². The Hall–Kier alpha value is -2.85. The van der Waals surface area contributed by atoms with Crippen LogP contribution in [-0.2, 0) is 14.8 Å². The summed E-state index contributed by atoms with van der Waals surface area (Å²) in [6.45, 7) is 3.20. The first-order chi connectivity index (χ1) is 12.3. The summed E-state index contributed by atoms with van der Waals surface area (Å²) < 4.78 is 27.2. The topological polar surface area (TPSA) is 114 Å². The molecule has 0 atom stereocenters. The minimum Gasteiger partial charge on any atom is -0.302 e. The number of anilines is 2. The van der Waals surface area contributed by atoms with Gasteiger partial charge in [-0.2, -0.15) is 5.10 Å². The normalized spacial score (nSPS) is 11.2. The lowest BCUT2D eigenvalue weighted by molar-refractivity contribution is -0.114. The molecule has 1 aromatic carbocycles. The molecule has 1 amide bonds. The third kappa shape index (κ3) is 4.03. The molecule has 3 aromatic rings. The summed E-state index contributed by atoms with van der Waals surface area (Å²) in [6.07, 6.45) is 1.51. The summed E-state index contributed by atoms with van der Waals surface area (Å²) in [5.41, 5.74) is 1.35. The summed E-state index contributed by atoms with van der Waals surface area (Å²) in [7, 11) is -3.75. The molecule has 0 fully saturated rings. The van der Waals surface area contributed by atoms with Crippen LogP contribution in [0.5, 0.6) is 0 Å². The third-order valence-corrected chi connectivity index (χ3v) is 5.78. The van der Waals surface area contributed by atoms with E-state index in [0.717, 1.165) is 4.88 Å². The number of benzene rings is 1. The Morgan fingerprint density at radius 2 is 1.92 bits per heavy atom. The fourth-order valence-electron chi connectivity index (χ4n) is 2.21. The van der Waals surface area contributed by atoms with Gasteiger partial charge in [0.15, 0.2) is 10.9 Å². The lowest BCUT2D eigenvalue weighted by Crippen LogP contribution is -2.14. The Labute approximate surface area is 154 Å². The maximum absolute atomic E-state index is 12.4. The summed E-state index contributed by atoms with van der Waals surface area (Å²) in [5.74, 6) is -0.116. The minimum absolute atomic E-state index is 0.0974. The first kappa shape index (κ1) is 18.0. The number of hydrogen-bond acceptors (Lipinski definition) is 7.